The molecule has 92 valence electrons. The van der Waals surface area contributed by atoms with Gasteiger partial charge in [0.05, 0.1) is 5.56 Å². The van der Waals surface area contributed by atoms with Gasteiger partial charge in [0.2, 0.25) is 0 Å². The second kappa shape index (κ2) is 6.47. The van der Waals surface area contributed by atoms with Gasteiger partial charge in [-0.15, -0.1) is 0 Å². The Morgan fingerprint density at radius 3 is 2.61 bits per heavy atom. The topological polar surface area (TPSA) is 42.0 Å². The van der Waals surface area contributed by atoms with Crippen molar-refractivity contribution in [3.8, 4) is 0 Å². The number of hydrogen-bond acceptors (Lipinski definition) is 4. The molecule has 5 heteroatoms. The third-order valence-electron chi connectivity index (χ3n) is 2.21. The van der Waals surface area contributed by atoms with Crippen molar-refractivity contribution in [2.45, 2.75) is 9.92 Å². The Morgan fingerprint density at radius 1 is 1.11 bits per heavy atom. The van der Waals surface area contributed by atoms with Crippen LogP contribution in [0.25, 0.3) is 0 Å². The van der Waals surface area contributed by atoms with E-state index in [-0.39, 0.29) is 5.91 Å². The van der Waals surface area contributed by atoms with Crippen molar-refractivity contribution in [2.24, 2.45) is 0 Å². The molecule has 0 atom stereocenters. The zero-order valence-corrected chi connectivity index (χ0v) is 11.4. The van der Waals surface area contributed by atoms with Gasteiger partial charge in [0.1, 0.15) is 5.03 Å². The quantitative estimate of drug-likeness (QED) is 0.871. The Kier molecular flexibility index (Phi) is 4.66. The molecule has 0 saturated carbocycles. The van der Waals surface area contributed by atoms with E-state index in [2.05, 4.69) is 10.3 Å². The van der Waals surface area contributed by atoms with Gasteiger partial charge < -0.3 is 5.32 Å². The molecule has 0 radical (unpaired) electrons. The van der Waals surface area contributed by atoms with Crippen LogP contribution in [0.4, 0.5) is 0 Å². The zero-order chi connectivity index (χ0) is 12.8. The van der Waals surface area contributed by atoms with Crippen LogP contribution in [0, 0.1) is 0 Å². The summed E-state index contributed by atoms with van der Waals surface area (Å²) in [5, 5.41) is 3.57. The van der Waals surface area contributed by atoms with Crippen LogP contribution in [0.15, 0.2) is 58.6 Å². The average Bonchev–Trinajstić information content (AvgIpc) is 2.45. The molecular formula is C13H12N2OS2. The Hall–Kier alpha value is -1.46. The number of aromatic nitrogens is 1. The summed E-state index contributed by atoms with van der Waals surface area (Å²) >= 11 is 0. The summed E-state index contributed by atoms with van der Waals surface area (Å²) in [6.07, 6.45) is 1.76. The number of nitrogens with zero attached hydrogens (tertiary/aromatic N) is 1. The molecule has 0 bridgehead atoms. The number of benzene rings is 1. The first-order valence-corrected chi connectivity index (χ1v) is 7.53. The summed E-state index contributed by atoms with van der Waals surface area (Å²) in [5.74, 6) is -0.0697. The van der Waals surface area contributed by atoms with E-state index in [0.29, 0.717) is 5.56 Å². The first-order valence-electron chi connectivity index (χ1n) is 5.38. The average molecular weight is 276 g/mol. The Morgan fingerprint density at radius 2 is 1.89 bits per heavy atom. The SMILES string of the molecule is CNC(=O)c1ccccc1SSc1ccccn1. The van der Waals surface area contributed by atoms with E-state index in [9.17, 15) is 4.79 Å². The lowest BCUT2D eigenvalue weighted by Gasteiger charge is -2.06. The van der Waals surface area contributed by atoms with Gasteiger partial charge in [0.25, 0.3) is 5.91 Å². The molecule has 2 rings (SSSR count). The van der Waals surface area contributed by atoms with Crippen molar-refractivity contribution >= 4 is 27.5 Å². The number of amides is 1. The van der Waals surface area contributed by atoms with E-state index in [1.165, 1.54) is 10.8 Å². The monoisotopic (exact) mass is 276 g/mol. The standard InChI is InChI=1S/C13H12N2OS2/c1-14-13(16)10-6-2-3-7-11(10)17-18-12-8-4-5-9-15-12/h2-9H,1H3,(H,14,16). The summed E-state index contributed by atoms with van der Waals surface area (Å²) in [6.45, 7) is 0. The first-order chi connectivity index (χ1) is 8.81. The van der Waals surface area contributed by atoms with Crippen LogP contribution < -0.4 is 5.32 Å². The first kappa shape index (κ1) is 13.0. The molecule has 1 N–H and O–H groups in total. The molecule has 0 fully saturated rings. The van der Waals surface area contributed by atoms with Crippen LogP contribution in [-0.2, 0) is 0 Å². The van der Waals surface area contributed by atoms with Crippen molar-refractivity contribution in [1.29, 1.82) is 0 Å². The number of hydrogen-bond donors (Lipinski definition) is 1. The van der Waals surface area contributed by atoms with Gasteiger partial charge in [-0.1, -0.05) is 29.0 Å². The molecule has 1 aromatic heterocycles. The largest absolute Gasteiger partial charge is 0.355 e. The van der Waals surface area contributed by atoms with Crippen LogP contribution in [0.5, 0.6) is 0 Å². The van der Waals surface area contributed by atoms with Crippen LogP contribution in [0.2, 0.25) is 0 Å². The Labute approximate surface area is 114 Å². The Balaban J connectivity index is 2.12. The fourth-order valence-corrected chi connectivity index (χ4v) is 3.40. The lowest BCUT2D eigenvalue weighted by Crippen LogP contribution is -2.18. The van der Waals surface area contributed by atoms with Crippen molar-refractivity contribution in [1.82, 2.24) is 10.3 Å². The van der Waals surface area contributed by atoms with Crippen LogP contribution in [0.3, 0.4) is 0 Å². The zero-order valence-electron chi connectivity index (χ0n) is 9.79. The fraction of sp³-hybridized carbons (Fsp3) is 0.0769. The van der Waals surface area contributed by atoms with Gasteiger partial charge in [-0.2, -0.15) is 0 Å². The highest BCUT2D eigenvalue weighted by Crippen LogP contribution is 2.37. The predicted molar refractivity (Wildman–Crippen MR) is 75.8 cm³/mol. The Bertz CT molecular complexity index is 532. The summed E-state index contributed by atoms with van der Waals surface area (Å²) < 4.78 is 0. The minimum Gasteiger partial charge on any atom is -0.355 e. The second-order valence-corrected chi connectivity index (χ2v) is 5.60. The summed E-state index contributed by atoms with van der Waals surface area (Å²) in [6, 6.07) is 13.3. The molecule has 0 saturated heterocycles. The van der Waals surface area contributed by atoms with E-state index in [4.69, 9.17) is 0 Å². The van der Waals surface area contributed by atoms with Gasteiger partial charge >= 0.3 is 0 Å². The molecule has 3 nitrogen and oxygen atoms in total. The van der Waals surface area contributed by atoms with Crippen molar-refractivity contribution < 1.29 is 4.79 Å². The van der Waals surface area contributed by atoms with Gasteiger partial charge in [-0.05, 0) is 35.1 Å². The molecule has 2 aromatic rings. The summed E-state index contributed by atoms with van der Waals surface area (Å²) in [7, 11) is 4.71. The van der Waals surface area contributed by atoms with Crippen LogP contribution in [0.1, 0.15) is 10.4 Å². The maximum absolute atomic E-state index is 11.7. The number of nitrogens with one attached hydrogen (secondary N) is 1. The highest BCUT2D eigenvalue weighted by Gasteiger charge is 2.10. The van der Waals surface area contributed by atoms with Crippen LogP contribution >= 0.6 is 21.6 Å². The smallest absolute Gasteiger partial charge is 0.252 e. The maximum Gasteiger partial charge on any atom is 0.252 e. The minimum absolute atomic E-state index is 0.0697. The molecule has 18 heavy (non-hydrogen) atoms. The number of carbonyl (C=O) groups excluding carboxylic acids is 1. The molecule has 0 spiro atoms. The molecular weight excluding hydrogens is 264 g/mol. The lowest BCUT2D eigenvalue weighted by atomic mass is 10.2. The minimum atomic E-state index is -0.0697. The molecule has 1 heterocycles. The van der Waals surface area contributed by atoms with E-state index >= 15 is 0 Å². The highest BCUT2D eigenvalue weighted by atomic mass is 33.1. The molecule has 0 unspecified atom stereocenters. The molecule has 1 aromatic carbocycles. The van der Waals surface area contributed by atoms with E-state index in [1.807, 2.05) is 42.5 Å². The molecule has 0 aliphatic carbocycles. The summed E-state index contributed by atoms with van der Waals surface area (Å²) in [4.78, 5) is 16.9. The second-order valence-electron chi connectivity index (χ2n) is 3.41. The summed E-state index contributed by atoms with van der Waals surface area (Å²) in [5.41, 5.74) is 0.688. The predicted octanol–water partition coefficient (Wildman–Crippen LogP) is 3.24. The molecule has 1 amide bonds. The van der Waals surface area contributed by atoms with Gasteiger partial charge in [-0.3, -0.25) is 4.79 Å². The van der Waals surface area contributed by atoms with Gasteiger partial charge in [0.15, 0.2) is 0 Å². The van der Waals surface area contributed by atoms with Crippen molar-refractivity contribution in [3.05, 3.63) is 54.2 Å². The van der Waals surface area contributed by atoms with Gasteiger partial charge in [0, 0.05) is 18.1 Å². The van der Waals surface area contributed by atoms with Crippen LogP contribution in [-0.4, -0.2) is 17.9 Å². The lowest BCUT2D eigenvalue weighted by molar-refractivity contribution is 0.0960. The number of carbonyl (C=O) groups is 1. The normalized spacial score (nSPS) is 10.1. The highest BCUT2D eigenvalue weighted by molar-refractivity contribution is 8.76. The number of pyridine rings is 1. The number of rotatable bonds is 4. The van der Waals surface area contributed by atoms with Crippen molar-refractivity contribution in [3.63, 3.8) is 0 Å². The van der Waals surface area contributed by atoms with Gasteiger partial charge in [-0.25, -0.2) is 4.98 Å². The maximum atomic E-state index is 11.7. The van der Waals surface area contributed by atoms with Crippen molar-refractivity contribution in [2.75, 3.05) is 7.05 Å². The van der Waals surface area contributed by atoms with E-state index in [1.54, 1.807) is 24.0 Å². The third-order valence-corrected chi connectivity index (χ3v) is 4.55. The molecule has 0 aliphatic heterocycles. The third kappa shape index (κ3) is 3.27. The fourth-order valence-electron chi connectivity index (χ4n) is 1.35. The van der Waals surface area contributed by atoms with E-state index in [0.717, 1.165) is 9.92 Å². The van der Waals surface area contributed by atoms with E-state index < -0.39 is 0 Å². The molecule has 0 aliphatic rings.